The van der Waals surface area contributed by atoms with Crippen LogP contribution < -0.4 is 29.9 Å². The Morgan fingerprint density at radius 1 is 1.02 bits per heavy atom. The van der Waals surface area contributed by atoms with Gasteiger partial charge in [0.1, 0.15) is 35.8 Å². The van der Waals surface area contributed by atoms with Crippen molar-refractivity contribution in [1.29, 1.82) is 0 Å². The van der Waals surface area contributed by atoms with E-state index in [1.165, 1.54) is 31.9 Å². The molecule has 6 aliphatic heterocycles. The summed E-state index contributed by atoms with van der Waals surface area (Å²) in [6, 6.07) is 6.42. The highest BCUT2D eigenvalue weighted by atomic mass is 32.2. The van der Waals surface area contributed by atoms with Gasteiger partial charge in [0.25, 0.3) is 5.91 Å². The Labute approximate surface area is 324 Å². The first-order chi connectivity index (χ1) is 26.9. The molecule has 4 aromatic rings. The van der Waals surface area contributed by atoms with Gasteiger partial charge in [-0.3, -0.25) is 19.4 Å². The molecule has 56 heavy (non-hydrogen) atoms. The van der Waals surface area contributed by atoms with E-state index in [-0.39, 0.29) is 36.2 Å². The highest BCUT2D eigenvalue weighted by Crippen LogP contribution is 2.63. The molecule has 0 aliphatic carbocycles. The summed E-state index contributed by atoms with van der Waals surface area (Å²) in [5.74, 6) is -0.874. The van der Waals surface area contributed by atoms with Crippen molar-refractivity contribution in [3.8, 4) is 28.7 Å². The summed E-state index contributed by atoms with van der Waals surface area (Å²) >= 11 is 1.28. The number of phenolic OH excluding ortho intramolecular Hbond substituents is 1. The Kier molecular flexibility index (Phi) is 8.72. The predicted octanol–water partition coefficient (Wildman–Crippen LogP) is 3.56. The fraction of sp³-hybridized carbons (Fsp3) is 0.400. The summed E-state index contributed by atoms with van der Waals surface area (Å²) in [5.41, 5.74) is 3.07. The van der Waals surface area contributed by atoms with Crippen LogP contribution in [0, 0.1) is 13.8 Å². The molecule has 0 radical (unpaired) electrons. The summed E-state index contributed by atoms with van der Waals surface area (Å²) in [5, 5.41) is 26.9. The number of likely N-dealkylation sites (N-methyl/N-ethyl adjacent to an activating group) is 1. The largest absolute Gasteiger partial charge is 0.504 e. The Morgan fingerprint density at radius 2 is 1.79 bits per heavy atom. The molecule has 0 spiro atoms. The highest BCUT2D eigenvalue weighted by molar-refractivity contribution is 7.99. The summed E-state index contributed by atoms with van der Waals surface area (Å²) in [4.78, 5) is 57.4. The normalized spacial score (nSPS) is 26.5. The molecule has 7 heterocycles. The van der Waals surface area contributed by atoms with Gasteiger partial charge in [-0.15, -0.1) is 11.8 Å². The second-order valence-corrected chi connectivity index (χ2v) is 15.9. The molecule has 16 heteroatoms. The maximum Gasteiger partial charge on any atom is 0.349 e. The van der Waals surface area contributed by atoms with Crippen LogP contribution in [0.5, 0.6) is 28.7 Å². The number of aliphatic hydroxyl groups is 1. The number of piperazine rings is 1. The minimum Gasteiger partial charge on any atom is -0.504 e. The van der Waals surface area contributed by atoms with Crippen molar-refractivity contribution in [3.63, 3.8) is 0 Å². The average molecular weight is 786 g/mol. The smallest absolute Gasteiger partial charge is 0.349 e. The van der Waals surface area contributed by atoms with Crippen molar-refractivity contribution in [1.82, 2.24) is 15.1 Å². The number of carbonyl (C=O) groups is 3. The van der Waals surface area contributed by atoms with Gasteiger partial charge in [-0.05, 0) is 50.6 Å². The van der Waals surface area contributed by atoms with Crippen LogP contribution in [-0.4, -0.2) is 95.5 Å². The molecule has 1 amide bonds. The lowest BCUT2D eigenvalue weighted by Crippen LogP contribution is -2.69. The molecule has 2 saturated heterocycles. The molecule has 15 nitrogen and oxygen atoms in total. The Bertz CT molecular complexity index is 2420. The van der Waals surface area contributed by atoms with Crippen molar-refractivity contribution in [2.24, 2.45) is 0 Å². The van der Waals surface area contributed by atoms with E-state index >= 15 is 0 Å². The fourth-order valence-electron chi connectivity index (χ4n) is 9.33. The fourth-order valence-corrected chi connectivity index (χ4v) is 10.8. The van der Waals surface area contributed by atoms with Gasteiger partial charge in [-0.2, -0.15) is 0 Å². The number of hydrogen-bond acceptors (Lipinski definition) is 15. The first-order valence-electron chi connectivity index (χ1n) is 18.2. The summed E-state index contributed by atoms with van der Waals surface area (Å²) < 4.78 is 35.2. The van der Waals surface area contributed by atoms with Gasteiger partial charge in [0.05, 0.1) is 30.5 Å². The first-order valence-corrected chi connectivity index (χ1v) is 19.3. The SMILES string of the molecule is COc1c(C)cc2c(c1O)[C@@H]1[C@@H]3[C@@H]4SCC(NC(=O)c5cc6ccccc6oc5=O)C(=O)OC[C@H](c5c6c(c(C)c(OC(C)=O)c54)OCO6)N3[C@@H](O)[C@@H](C2)N1C. The molecular formula is C40H39N3O12S. The van der Waals surface area contributed by atoms with Crippen molar-refractivity contribution < 1.29 is 52.7 Å². The monoisotopic (exact) mass is 785 g/mol. The van der Waals surface area contributed by atoms with Crippen molar-refractivity contribution in [2.45, 2.75) is 68.9 Å². The second-order valence-electron chi connectivity index (χ2n) is 14.7. The molecule has 1 unspecified atom stereocenters. The van der Waals surface area contributed by atoms with Crippen LogP contribution in [0.3, 0.4) is 0 Å². The van der Waals surface area contributed by atoms with Gasteiger partial charge in [-0.1, -0.05) is 24.3 Å². The Morgan fingerprint density at radius 3 is 2.55 bits per heavy atom. The van der Waals surface area contributed by atoms with E-state index in [2.05, 4.69) is 10.2 Å². The third-order valence-electron chi connectivity index (χ3n) is 11.7. The quantitative estimate of drug-likeness (QED) is 0.155. The van der Waals surface area contributed by atoms with E-state index in [0.29, 0.717) is 56.9 Å². The minimum atomic E-state index is -1.24. The number of aliphatic hydroxyl groups excluding tert-OH is 1. The third kappa shape index (κ3) is 5.37. The topological polar surface area (TPSA) is 187 Å². The average Bonchev–Trinajstić information content (AvgIpc) is 3.66. The number of hydrogen-bond donors (Lipinski definition) is 3. The minimum absolute atomic E-state index is 0.0137. The first kappa shape index (κ1) is 36.4. The Hall–Kier alpha value is -5.29. The third-order valence-corrected chi connectivity index (χ3v) is 13.1. The number of nitrogens with zero attached hydrogens (tertiary/aromatic N) is 2. The number of fused-ring (bicyclic) bond motifs is 11. The number of carbonyl (C=O) groups excluding carboxylic acids is 3. The van der Waals surface area contributed by atoms with E-state index in [9.17, 15) is 29.4 Å². The van der Waals surface area contributed by atoms with Crippen molar-refractivity contribution in [3.05, 3.63) is 85.8 Å². The van der Waals surface area contributed by atoms with Gasteiger partial charge >= 0.3 is 17.6 Å². The maximum atomic E-state index is 14.0. The van der Waals surface area contributed by atoms with Gasteiger partial charge in [0, 0.05) is 46.4 Å². The van der Waals surface area contributed by atoms with Gasteiger partial charge in [-0.25, -0.2) is 9.59 Å². The number of phenols is 1. The summed E-state index contributed by atoms with van der Waals surface area (Å²) in [7, 11) is 3.40. The van der Waals surface area contributed by atoms with Gasteiger partial charge in [0.15, 0.2) is 23.0 Å². The standard InChI is InChI=1S/C40H39N3O12S/c1-16-10-20-12-23-38(47)43-24-13-51-40(49)22(41-37(46)21-11-19-8-6-7-9-25(19)55-39(21)48)14-56-36(30(43)29(42(23)4)26(20)31(45)32(16)50-5)28-27(24)35-34(52-15-53-35)17(2)33(28)54-18(3)44/h6-11,22-24,29-30,36,38,45,47H,12-15H2,1-5H3,(H,41,46)/t22?,23-,24-,29-,30-,36-,38+/m1/s1. The number of esters is 2. The highest BCUT2D eigenvalue weighted by Gasteiger charge is 2.60. The molecule has 6 aliphatic rings. The molecule has 292 valence electrons. The predicted molar refractivity (Wildman–Crippen MR) is 200 cm³/mol. The second kappa shape index (κ2) is 13.4. The van der Waals surface area contributed by atoms with Gasteiger partial charge < -0.3 is 43.6 Å². The van der Waals surface area contributed by atoms with Crippen LogP contribution in [0.4, 0.5) is 0 Å². The number of aromatic hydroxyl groups is 1. The lowest BCUT2D eigenvalue weighted by molar-refractivity contribution is -0.184. The molecule has 2 fully saturated rings. The molecule has 4 bridgehead atoms. The lowest BCUT2D eigenvalue weighted by atomic mass is 9.73. The number of methoxy groups -OCH3 is 1. The van der Waals surface area contributed by atoms with Crippen LogP contribution in [0.15, 0.2) is 45.6 Å². The molecular weight excluding hydrogens is 747 g/mol. The number of thioether (sulfide) groups is 1. The zero-order valence-electron chi connectivity index (χ0n) is 31.1. The zero-order valence-corrected chi connectivity index (χ0v) is 31.9. The van der Waals surface area contributed by atoms with E-state index < -0.39 is 65.2 Å². The van der Waals surface area contributed by atoms with Crippen LogP contribution in [0.1, 0.15) is 68.0 Å². The van der Waals surface area contributed by atoms with Crippen LogP contribution >= 0.6 is 11.8 Å². The van der Waals surface area contributed by atoms with E-state index in [1.54, 1.807) is 31.2 Å². The number of benzene rings is 3. The maximum absolute atomic E-state index is 14.0. The molecule has 3 aromatic carbocycles. The number of nitrogens with one attached hydrogen (secondary N) is 1. The summed E-state index contributed by atoms with van der Waals surface area (Å²) in [6.45, 7) is 4.52. The Balaban J connectivity index is 1.22. The number of amides is 1. The molecule has 0 saturated carbocycles. The van der Waals surface area contributed by atoms with Crippen molar-refractivity contribution >= 4 is 40.6 Å². The molecule has 10 rings (SSSR count). The van der Waals surface area contributed by atoms with E-state index in [0.717, 1.165) is 11.1 Å². The van der Waals surface area contributed by atoms with E-state index in [4.69, 9.17) is 28.1 Å². The number of aryl methyl sites for hydroxylation is 1. The van der Waals surface area contributed by atoms with Crippen molar-refractivity contribution in [2.75, 3.05) is 33.3 Å². The zero-order chi connectivity index (χ0) is 39.3. The van der Waals surface area contributed by atoms with E-state index in [1.807, 2.05) is 24.9 Å². The van der Waals surface area contributed by atoms with Crippen LogP contribution in [-0.2, 0) is 20.7 Å². The lowest BCUT2D eigenvalue weighted by Gasteiger charge is -2.62. The van der Waals surface area contributed by atoms with Gasteiger partial charge in [0.2, 0.25) is 6.79 Å². The molecule has 1 aromatic heterocycles. The molecule has 3 N–H and O–H groups in total. The summed E-state index contributed by atoms with van der Waals surface area (Å²) in [6.07, 6.45) is -0.693. The number of ether oxygens (including phenoxy) is 5. The van der Waals surface area contributed by atoms with Crippen LogP contribution in [0.25, 0.3) is 11.0 Å². The van der Waals surface area contributed by atoms with Crippen LogP contribution in [0.2, 0.25) is 0 Å². The number of rotatable bonds is 4. The number of para-hydroxylation sites is 1. The molecule has 7 atom stereocenters.